The van der Waals surface area contributed by atoms with Crippen molar-refractivity contribution in [1.29, 1.82) is 0 Å². The van der Waals surface area contributed by atoms with Crippen molar-refractivity contribution in [3.63, 3.8) is 0 Å². The second-order valence-electron chi connectivity index (χ2n) is 4.41. The Hall–Kier alpha value is -1.10. The topological polar surface area (TPSA) is 83.8 Å². The molecule has 1 aliphatic carbocycles. The molecule has 0 amide bonds. The van der Waals surface area contributed by atoms with Gasteiger partial charge in [-0.1, -0.05) is 6.42 Å². The summed E-state index contributed by atoms with van der Waals surface area (Å²) in [6.07, 6.45) is 2.02. The van der Waals surface area contributed by atoms with Gasteiger partial charge in [0, 0.05) is 6.61 Å². The Kier molecular flexibility index (Phi) is 3.57. The lowest BCUT2D eigenvalue weighted by molar-refractivity contribution is -0.205. The maximum atomic E-state index is 11.4. The predicted molar refractivity (Wildman–Crippen MR) is 56.2 cm³/mol. The summed E-state index contributed by atoms with van der Waals surface area (Å²) in [6, 6.07) is 0. The molecule has 5 heteroatoms. The smallest absolute Gasteiger partial charge is 0.337 e. The van der Waals surface area contributed by atoms with Crippen LogP contribution in [0.2, 0.25) is 0 Å². The van der Waals surface area contributed by atoms with Crippen LogP contribution in [0, 0.1) is 5.41 Å². The van der Waals surface area contributed by atoms with Crippen LogP contribution in [0.5, 0.6) is 0 Å². The standard InChI is InChI=1S/C11H18O5/c1-3-16-11(9(14)15)7-5-4-6-10(11,2)8(12)13/h3-7H2,1-2H3,(H,12,13)(H,14,15). The highest BCUT2D eigenvalue weighted by Gasteiger charge is 2.60. The highest BCUT2D eigenvalue weighted by Crippen LogP contribution is 2.47. The number of carbonyl (C=O) groups is 2. The Labute approximate surface area is 94.4 Å². The number of rotatable bonds is 4. The van der Waals surface area contributed by atoms with Crippen molar-refractivity contribution in [2.45, 2.75) is 45.1 Å². The van der Waals surface area contributed by atoms with Gasteiger partial charge in [0.15, 0.2) is 5.60 Å². The molecule has 1 fully saturated rings. The van der Waals surface area contributed by atoms with Crippen LogP contribution in [-0.2, 0) is 14.3 Å². The number of hydrogen-bond acceptors (Lipinski definition) is 3. The molecule has 2 unspecified atom stereocenters. The Morgan fingerprint density at radius 2 is 1.75 bits per heavy atom. The number of carboxylic acids is 2. The average Bonchev–Trinajstić information content (AvgIpc) is 2.21. The van der Waals surface area contributed by atoms with Crippen molar-refractivity contribution < 1.29 is 24.5 Å². The van der Waals surface area contributed by atoms with Crippen molar-refractivity contribution >= 4 is 11.9 Å². The van der Waals surface area contributed by atoms with Crippen LogP contribution in [0.1, 0.15) is 39.5 Å². The highest BCUT2D eigenvalue weighted by molar-refractivity contribution is 5.89. The van der Waals surface area contributed by atoms with Crippen LogP contribution in [0.4, 0.5) is 0 Å². The van der Waals surface area contributed by atoms with E-state index >= 15 is 0 Å². The van der Waals surface area contributed by atoms with E-state index in [9.17, 15) is 19.8 Å². The summed E-state index contributed by atoms with van der Waals surface area (Å²) in [5.41, 5.74) is -2.92. The minimum Gasteiger partial charge on any atom is -0.481 e. The molecule has 0 heterocycles. The molecule has 1 saturated carbocycles. The first-order valence-corrected chi connectivity index (χ1v) is 5.51. The highest BCUT2D eigenvalue weighted by atomic mass is 16.5. The van der Waals surface area contributed by atoms with Gasteiger partial charge in [-0.05, 0) is 33.1 Å². The number of ether oxygens (including phenoxy) is 1. The van der Waals surface area contributed by atoms with Crippen molar-refractivity contribution in [2.75, 3.05) is 6.61 Å². The van der Waals surface area contributed by atoms with Crippen LogP contribution in [0.3, 0.4) is 0 Å². The lowest BCUT2D eigenvalue weighted by Crippen LogP contribution is -2.60. The normalized spacial score (nSPS) is 34.6. The molecule has 0 radical (unpaired) electrons. The Balaban J connectivity index is 3.19. The van der Waals surface area contributed by atoms with E-state index in [0.717, 1.165) is 6.42 Å². The molecule has 2 atom stereocenters. The first-order chi connectivity index (χ1) is 7.40. The van der Waals surface area contributed by atoms with Crippen molar-refractivity contribution in [2.24, 2.45) is 5.41 Å². The van der Waals surface area contributed by atoms with E-state index in [1.165, 1.54) is 6.92 Å². The zero-order valence-corrected chi connectivity index (χ0v) is 9.65. The lowest BCUT2D eigenvalue weighted by Gasteiger charge is -2.45. The molecule has 1 aliphatic rings. The largest absolute Gasteiger partial charge is 0.481 e. The summed E-state index contributed by atoms with van der Waals surface area (Å²) in [6.45, 7) is 3.36. The zero-order valence-electron chi connectivity index (χ0n) is 9.65. The summed E-state index contributed by atoms with van der Waals surface area (Å²) < 4.78 is 5.33. The lowest BCUT2D eigenvalue weighted by atomic mass is 9.64. The summed E-state index contributed by atoms with van der Waals surface area (Å²) >= 11 is 0. The van der Waals surface area contributed by atoms with Gasteiger partial charge in [-0.3, -0.25) is 4.79 Å². The van der Waals surface area contributed by atoms with Crippen LogP contribution >= 0.6 is 0 Å². The number of aliphatic carboxylic acids is 2. The minimum atomic E-state index is -1.58. The first-order valence-electron chi connectivity index (χ1n) is 5.51. The molecule has 2 N–H and O–H groups in total. The average molecular weight is 230 g/mol. The molecule has 92 valence electrons. The molecule has 0 spiro atoms. The molecule has 0 bridgehead atoms. The van der Waals surface area contributed by atoms with Crippen molar-refractivity contribution in [3.8, 4) is 0 Å². The van der Waals surface area contributed by atoms with Crippen LogP contribution in [-0.4, -0.2) is 34.4 Å². The van der Waals surface area contributed by atoms with Gasteiger partial charge in [-0.25, -0.2) is 4.79 Å². The third kappa shape index (κ3) is 1.69. The van der Waals surface area contributed by atoms with E-state index < -0.39 is 23.0 Å². The quantitative estimate of drug-likeness (QED) is 0.764. The number of carboxylic acid groups (broad SMARTS) is 2. The first kappa shape index (κ1) is 13.0. The van der Waals surface area contributed by atoms with Crippen LogP contribution in [0.15, 0.2) is 0 Å². The Morgan fingerprint density at radius 3 is 2.19 bits per heavy atom. The van der Waals surface area contributed by atoms with E-state index in [4.69, 9.17) is 4.74 Å². The van der Waals surface area contributed by atoms with E-state index in [0.29, 0.717) is 12.8 Å². The SMILES string of the molecule is CCOC1(C(=O)O)CCCCC1(C)C(=O)O. The van der Waals surface area contributed by atoms with Crippen molar-refractivity contribution in [1.82, 2.24) is 0 Å². The van der Waals surface area contributed by atoms with Gasteiger partial charge < -0.3 is 14.9 Å². The monoisotopic (exact) mass is 230 g/mol. The van der Waals surface area contributed by atoms with Gasteiger partial charge in [0.1, 0.15) is 5.41 Å². The van der Waals surface area contributed by atoms with Crippen molar-refractivity contribution in [3.05, 3.63) is 0 Å². The fourth-order valence-electron chi connectivity index (χ4n) is 2.49. The molecular weight excluding hydrogens is 212 g/mol. The minimum absolute atomic E-state index is 0.204. The second kappa shape index (κ2) is 4.41. The van der Waals surface area contributed by atoms with Crippen LogP contribution in [0.25, 0.3) is 0 Å². The molecule has 0 saturated heterocycles. The molecule has 0 aromatic heterocycles. The fourth-order valence-corrected chi connectivity index (χ4v) is 2.49. The van der Waals surface area contributed by atoms with E-state index in [-0.39, 0.29) is 13.0 Å². The third-order valence-corrected chi connectivity index (χ3v) is 3.56. The predicted octanol–water partition coefficient (Wildman–Crippen LogP) is 1.51. The summed E-state index contributed by atoms with van der Waals surface area (Å²) in [5, 5.41) is 18.6. The Bertz CT molecular complexity index is 297. The van der Waals surface area contributed by atoms with E-state index in [1.54, 1.807) is 6.92 Å². The Morgan fingerprint density at radius 1 is 1.19 bits per heavy atom. The van der Waals surface area contributed by atoms with Gasteiger partial charge in [0.2, 0.25) is 0 Å². The molecule has 0 aromatic rings. The van der Waals surface area contributed by atoms with Gasteiger partial charge in [-0.2, -0.15) is 0 Å². The fraction of sp³-hybridized carbons (Fsp3) is 0.818. The third-order valence-electron chi connectivity index (χ3n) is 3.56. The maximum absolute atomic E-state index is 11.4. The summed E-state index contributed by atoms with van der Waals surface area (Å²) in [7, 11) is 0. The molecule has 0 aliphatic heterocycles. The van der Waals surface area contributed by atoms with Gasteiger partial charge in [-0.15, -0.1) is 0 Å². The maximum Gasteiger partial charge on any atom is 0.337 e. The summed E-state index contributed by atoms with van der Waals surface area (Å²) in [4.78, 5) is 22.7. The second-order valence-corrected chi connectivity index (χ2v) is 4.41. The van der Waals surface area contributed by atoms with Gasteiger partial charge in [0.25, 0.3) is 0 Å². The molecule has 1 rings (SSSR count). The zero-order chi connectivity index (χ0) is 12.4. The van der Waals surface area contributed by atoms with Gasteiger partial charge >= 0.3 is 11.9 Å². The van der Waals surface area contributed by atoms with Gasteiger partial charge in [0.05, 0.1) is 0 Å². The molecule has 0 aromatic carbocycles. The molecular formula is C11H18O5. The van der Waals surface area contributed by atoms with E-state index in [2.05, 4.69) is 0 Å². The van der Waals surface area contributed by atoms with E-state index in [1.807, 2.05) is 0 Å². The summed E-state index contributed by atoms with van der Waals surface area (Å²) in [5.74, 6) is -2.26. The van der Waals surface area contributed by atoms with Crippen LogP contribution < -0.4 is 0 Å². The number of hydrogen-bond donors (Lipinski definition) is 2. The molecule has 16 heavy (non-hydrogen) atoms. The molecule has 5 nitrogen and oxygen atoms in total.